The van der Waals surface area contributed by atoms with Crippen LogP contribution in [-0.2, 0) is 6.42 Å². The van der Waals surface area contributed by atoms with Crippen LogP contribution in [0.1, 0.15) is 37.7 Å². The van der Waals surface area contributed by atoms with Crippen molar-refractivity contribution in [2.45, 2.75) is 44.1 Å². The molecule has 1 aromatic carbocycles. The topological polar surface area (TPSA) is 49.5 Å². The third kappa shape index (κ3) is 2.57. The predicted molar refractivity (Wildman–Crippen MR) is 82.9 cm³/mol. The molecule has 3 heteroatoms. The Hall–Kier alpha value is -1.06. The van der Waals surface area contributed by atoms with Crippen LogP contribution in [0.15, 0.2) is 24.3 Å². The van der Waals surface area contributed by atoms with Crippen LogP contribution in [-0.4, -0.2) is 30.3 Å². The van der Waals surface area contributed by atoms with Crippen LogP contribution in [0.3, 0.4) is 0 Å². The Labute approximate surface area is 121 Å². The molecule has 2 unspecified atom stereocenters. The Kier molecular flexibility index (Phi) is 3.99. The summed E-state index contributed by atoms with van der Waals surface area (Å²) < 4.78 is 0. The molecule has 1 heterocycles. The molecule has 0 radical (unpaired) electrons. The van der Waals surface area contributed by atoms with Crippen molar-refractivity contribution < 1.29 is 5.11 Å². The van der Waals surface area contributed by atoms with Gasteiger partial charge in [-0.15, -0.1) is 0 Å². The quantitative estimate of drug-likeness (QED) is 0.886. The minimum Gasteiger partial charge on any atom is -0.388 e. The molecule has 1 aliphatic heterocycles. The Morgan fingerprint density at radius 1 is 1.30 bits per heavy atom. The molecular weight excluding hydrogens is 248 g/mol. The molecule has 0 aromatic heterocycles. The molecule has 0 amide bonds. The van der Waals surface area contributed by atoms with Gasteiger partial charge in [0, 0.05) is 25.3 Å². The average Bonchev–Trinajstić information content (AvgIpc) is 2.87. The number of aryl methyl sites for hydroxylation is 1. The zero-order valence-electron chi connectivity index (χ0n) is 12.2. The summed E-state index contributed by atoms with van der Waals surface area (Å²) in [5.74, 6) is 0.376. The van der Waals surface area contributed by atoms with E-state index in [2.05, 4.69) is 29.2 Å². The molecule has 3 N–H and O–H groups in total. The maximum absolute atomic E-state index is 10.5. The van der Waals surface area contributed by atoms with Gasteiger partial charge in [-0.1, -0.05) is 24.6 Å². The average molecular weight is 274 g/mol. The van der Waals surface area contributed by atoms with Crippen LogP contribution >= 0.6 is 0 Å². The van der Waals surface area contributed by atoms with Crippen molar-refractivity contribution in [1.29, 1.82) is 0 Å². The van der Waals surface area contributed by atoms with Crippen LogP contribution in [0.2, 0.25) is 0 Å². The Bertz CT molecular complexity index is 462. The van der Waals surface area contributed by atoms with Gasteiger partial charge < -0.3 is 15.7 Å². The van der Waals surface area contributed by atoms with Crippen molar-refractivity contribution >= 4 is 5.69 Å². The first-order valence-corrected chi connectivity index (χ1v) is 7.98. The molecule has 1 aromatic rings. The zero-order valence-corrected chi connectivity index (χ0v) is 12.2. The second-order valence-electron chi connectivity index (χ2n) is 6.40. The number of aliphatic hydroxyl groups is 1. The van der Waals surface area contributed by atoms with Crippen LogP contribution in [0, 0.1) is 5.92 Å². The van der Waals surface area contributed by atoms with Crippen molar-refractivity contribution in [3.63, 3.8) is 0 Å². The summed E-state index contributed by atoms with van der Waals surface area (Å²) in [6.07, 6.45) is 6.62. The van der Waals surface area contributed by atoms with Crippen molar-refractivity contribution in [2.75, 3.05) is 24.5 Å². The molecule has 2 atom stereocenters. The van der Waals surface area contributed by atoms with Gasteiger partial charge in [-0.05, 0) is 49.7 Å². The molecule has 0 spiro atoms. The number of anilines is 1. The number of rotatable bonds is 4. The van der Waals surface area contributed by atoms with E-state index in [0.717, 1.165) is 38.8 Å². The summed E-state index contributed by atoms with van der Waals surface area (Å²) >= 11 is 0. The monoisotopic (exact) mass is 274 g/mol. The van der Waals surface area contributed by atoms with E-state index in [1.165, 1.54) is 24.1 Å². The van der Waals surface area contributed by atoms with Gasteiger partial charge in [-0.25, -0.2) is 0 Å². The van der Waals surface area contributed by atoms with E-state index in [4.69, 9.17) is 5.73 Å². The van der Waals surface area contributed by atoms with Gasteiger partial charge >= 0.3 is 0 Å². The third-order valence-corrected chi connectivity index (χ3v) is 5.23. The van der Waals surface area contributed by atoms with Crippen LogP contribution in [0.5, 0.6) is 0 Å². The summed E-state index contributed by atoms with van der Waals surface area (Å²) in [6, 6.07) is 8.74. The standard InChI is InChI=1S/C17H26N2O/c18-13-17(20)10-3-7-15(17)9-12-19-11-4-6-14-5-1-2-8-16(14)19/h1-2,5,8,15,20H,3-4,6-7,9-13,18H2. The summed E-state index contributed by atoms with van der Waals surface area (Å²) in [5.41, 5.74) is 8.05. The second-order valence-corrected chi connectivity index (χ2v) is 6.40. The minimum absolute atomic E-state index is 0.376. The van der Waals surface area contributed by atoms with Crippen molar-refractivity contribution in [1.82, 2.24) is 0 Å². The first-order valence-electron chi connectivity index (χ1n) is 7.98. The van der Waals surface area contributed by atoms with Gasteiger partial charge in [0.25, 0.3) is 0 Å². The third-order valence-electron chi connectivity index (χ3n) is 5.23. The highest BCUT2D eigenvalue weighted by atomic mass is 16.3. The molecule has 20 heavy (non-hydrogen) atoms. The van der Waals surface area contributed by atoms with E-state index in [0.29, 0.717) is 12.5 Å². The Morgan fingerprint density at radius 3 is 3.00 bits per heavy atom. The van der Waals surface area contributed by atoms with Crippen LogP contribution < -0.4 is 10.6 Å². The van der Waals surface area contributed by atoms with Crippen molar-refractivity contribution in [2.24, 2.45) is 11.7 Å². The zero-order chi connectivity index (χ0) is 14.0. The number of nitrogens with zero attached hydrogens (tertiary/aromatic N) is 1. The van der Waals surface area contributed by atoms with Gasteiger partial charge in [0.1, 0.15) is 0 Å². The summed E-state index contributed by atoms with van der Waals surface area (Å²) in [4.78, 5) is 2.49. The smallest absolute Gasteiger partial charge is 0.0798 e. The number of fused-ring (bicyclic) bond motifs is 1. The van der Waals surface area contributed by atoms with Gasteiger partial charge in [0.15, 0.2) is 0 Å². The SMILES string of the molecule is NCC1(O)CCCC1CCN1CCCc2ccccc21. The highest BCUT2D eigenvalue weighted by Gasteiger charge is 2.39. The highest BCUT2D eigenvalue weighted by molar-refractivity contribution is 5.55. The number of para-hydroxylation sites is 1. The lowest BCUT2D eigenvalue weighted by Gasteiger charge is -2.34. The fourth-order valence-electron chi connectivity index (χ4n) is 3.96. The number of hydrogen-bond acceptors (Lipinski definition) is 3. The fourth-order valence-corrected chi connectivity index (χ4v) is 3.96. The van der Waals surface area contributed by atoms with Crippen LogP contribution in [0.25, 0.3) is 0 Å². The lowest BCUT2D eigenvalue weighted by Crippen LogP contribution is -2.43. The Balaban J connectivity index is 1.65. The summed E-state index contributed by atoms with van der Waals surface area (Å²) in [7, 11) is 0. The molecule has 3 nitrogen and oxygen atoms in total. The molecule has 110 valence electrons. The molecule has 0 bridgehead atoms. The normalized spacial score (nSPS) is 29.5. The summed E-state index contributed by atoms with van der Waals surface area (Å²) in [5, 5.41) is 10.5. The molecule has 1 saturated carbocycles. The van der Waals surface area contributed by atoms with Gasteiger partial charge in [-0.2, -0.15) is 0 Å². The first kappa shape index (κ1) is 13.9. The van der Waals surface area contributed by atoms with Crippen molar-refractivity contribution in [3.8, 4) is 0 Å². The molecule has 0 saturated heterocycles. The molecular formula is C17H26N2O. The van der Waals surface area contributed by atoms with E-state index in [-0.39, 0.29) is 0 Å². The first-order chi connectivity index (χ1) is 9.73. The lowest BCUT2D eigenvalue weighted by atomic mass is 9.88. The lowest BCUT2D eigenvalue weighted by molar-refractivity contribution is 0.00885. The summed E-state index contributed by atoms with van der Waals surface area (Å²) in [6.45, 7) is 2.60. The number of benzene rings is 1. The number of hydrogen-bond donors (Lipinski definition) is 2. The van der Waals surface area contributed by atoms with Crippen molar-refractivity contribution in [3.05, 3.63) is 29.8 Å². The maximum Gasteiger partial charge on any atom is 0.0798 e. The van der Waals surface area contributed by atoms with E-state index in [1.54, 1.807) is 0 Å². The highest BCUT2D eigenvalue weighted by Crippen LogP contribution is 2.38. The second kappa shape index (κ2) is 5.74. The van der Waals surface area contributed by atoms with E-state index in [1.807, 2.05) is 0 Å². The van der Waals surface area contributed by atoms with Gasteiger partial charge in [0.2, 0.25) is 0 Å². The molecule has 1 aliphatic carbocycles. The van der Waals surface area contributed by atoms with Gasteiger partial charge in [0.05, 0.1) is 5.60 Å². The molecule has 2 aliphatic rings. The largest absolute Gasteiger partial charge is 0.388 e. The Morgan fingerprint density at radius 2 is 2.15 bits per heavy atom. The maximum atomic E-state index is 10.5. The number of nitrogens with two attached hydrogens (primary N) is 1. The van der Waals surface area contributed by atoms with E-state index in [9.17, 15) is 5.11 Å². The van der Waals surface area contributed by atoms with Gasteiger partial charge in [-0.3, -0.25) is 0 Å². The predicted octanol–water partition coefficient (Wildman–Crippen LogP) is 2.32. The van der Waals surface area contributed by atoms with Crippen LogP contribution in [0.4, 0.5) is 5.69 Å². The minimum atomic E-state index is -0.602. The van der Waals surface area contributed by atoms with E-state index >= 15 is 0 Å². The van der Waals surface area contributed by atoms with E-state index < -0.39 is 5.60 Å². The molecule has 3 rings (SSSR count). The fraction of sp³-hybridized carbons (Fsp3) is 0.647. The molecule has 1 fully saturated rings.